The van der Waals surface area contributed by atoms with Gasteiger partial charge in [-0.2, -0.15) is 0 Å². The summed E-state index contributed by atoms with van der Waals surface area (Å²) in [6.45, 7) is 19.7. The second-order valence-electron chi connectivity index (χ2n) is 35.1. The van der Waals surface area contributed by atoms with E-state index in [0.717, 1.165) is 72.1 Å². The van der Waals surface area contributed by atoms with Crippen molar-refractivity contribution in [1.82, 2.24) is 0 Å². The van der Waals surface area contributed by atoms with Gasteiger partial charge in [-0.1, -0.05) is 304 Å². The maximum atomic E-state index is 7.34. The number of anilines is 3. The molecule has 19 aromatic rings. The van der Waals surface area contributed by atoms with Gasteiger partial charge in [-0.3, -0.25) is 0 Å². The van der Waals surface area contributed by atoms with Crippen molar-refractivity contribution in [2.45, 2.75) is 87.9 Å². The minimum atomic E-state index is -0.837. The Morgan fingerprint density at radius 2 is 0.544 bits per heavy atom. The number of hydrogen-bond donors (Lipinski definition) is 0. The summed E-state index contributed by atoms with van der Waals surface area (Å²) >= 11 is 0. The van der Waals surface area contributed by atoms with Gasteiger partial charge in [-0.05, 0) is 217 Å². The lowest BCUT2D eigenvalue weighted by atomic mass is 9.66. The highest BCUT2D eigenvalue weighted by molar-refractivity contribution is 6.23. The van der Waals surface area contributed by atoms with E-state index in [4.69, 9.17) is 13.3 Å². The number of hydrogen-bond acceptors (Lipinski definition) is 4. The fourth-order valence-electron chi connectivity index (χ4n) is 23.7. The largest absolute Gasteiger partial charge is 0.456 e. The van der Waals surface area contributed by atoms with Crippen LogP contribution in [0.2, 0.25) is 0 Å². The summed E-state index contributed by atoms with van der Waals surface area (Å²) in [6.07, 6.45) is 0. The van der Waals surface area contributed by atoms with E-state index in [1.165, 1.54) is 167 Å². The second-order valence-corrected chi connectivity index (χ2v) is 35.1. The van der Waals surface area contributed by atoms with Gasteiger partial charge in [0.25, 0.3) is 0 Å². The first-order chi connectivity index (χ1) is 55.6. The zero-order valence-electron chi connectivity index (χ0n) is 64.8. The molecule has 0 saturated carbocycles. The SMILES string of the molecule is CC1(C)c2cc(N(c3ccc4c(c3)C(C)(C)c3c5c(c6oc7ccccc7c6c3-4)-c3ccccc3C5(C)C)c3ccc4c(c3)C(c3ccccc3)(c3ccccc3)c3cc5c(cc3-4)C(c3ccccc3)(c3ccccc3)c3ccc4oc6ccccc6c4c3-5)ccc2-c2c1c1c(c3c2oc2ccccc23)-c2ccccc2C1(C)C. The number of fused-ring (bicyclic) bond motifs is 34. The van der Waals surface area contributed by atoms with Crippen LogP contribution in [0.1, 0.15) is 144 Å². The van der Waals surface area contributed by atoms with Crippen LogP contribution in [-0.2, 0) is 32.5 Å². The van der Waals surface area contributed by atoms with Gasteiger partial charge in [-0.25, -0.2) is 0 Å². The Bertz CT molecular complexity index is 7440. The van der Waals surface area contributed by atoms with Gasteiger partial charge < -0.3 is 18.2 Å². The third-order valence-electron chi connectivity index (χ3n) is 28.3. The van der Waals surface area contributed by atoms with Gasteiger partial charge >= 0.3 is 0 Å². The predicted molar refractivity (Wildman–Crippen MR) is 468 cm³/mol. The van der Waals surface area contributed by atoms with Gasteiger partial charge in [0.15, 0.2) is 0 Å². The zero-order valence-corrected chi connectivity index (χ0v) is 64.8. The molecule has 0 N–H and O–H groups in total. The molecule has 0 fully saturated rings. The minimum absolute atomic E-state index is 0.308. The van der Waals surface area contributed by atoms with Crippen molar-refractivity contribution >= 4 is 82.9 Å². The third-order valence-corrected chi connectivity index (χ3v) is 28.3. The molecule has 3 aromatic heterocycles. The Kier molecular flexibility index (Phi) is 12.4. The van der Waals surface area contributed by atoms with Crippen molar-refractivity contribution in [1.29, 1.82) is 0 Å². The van der Waals surface area contributed by atoms with Crippen molar-refractivity contribution in [2.75, 3.05) is 4.90 Å². The van der Waals surface area contributed by atoms with Crippen LogP contribution in [0.4, 0.5) is 17.1 Å². The average Bonchev–Trinajstić information content (AvgIpc) is 1.52. The first kappa shape index (κ1) is 64.4. The first-order valence-electron chi connectivity index (χ1n) is 40.5. The van der Waals surface area contributed by atoms with E-state index in [9.17, 15) is 0 Å². The molecule has 25 rings (SSSR count). The van der Waals surface area contributed by atoms with Crippen molar-refractivity contribution < 1.29 is 13.3 Å². The zero-order chi connectivity index (χ0) is 76.0. The first-order valence-corrected chi connectivity index (χ1v) is 40.5. The van der Waals surface area contributed by atoms with E-state index in [0.29, 0.717) is 0 Å². The van der Waals surface area contributed by atoms with Crippen LogP contribution >= 0.6 is 0 Å². The molecular weight excluding hydrogens is 1380 g/mol. The molecule has 0 unspecified atom stereocenters. The molecule has 0 aliphatic heterocycles. The van der Waals surface area contributed by atoms with Crippen molar-refractivity contribution in [3.8, 4) is 66.8 Å². The van der Waals surface area contributed by atoms with Gasteiger partial charge in [0.2, 0.25) is 0 Å². The molecular formula is C110H77NO3. The van der Waals surface area contributed by atoms with Gasteiger partial charge in [0.1, 0.15) is 33.5 Å². The Labute approximate surface area is 661 Å². The smallest absolute Gasteiger partial charge is 0.144 e. The fraction of sp³-hybridized carbons (Fsp3) is 0.127. The molecule has 16 aromatic carbocycles. The molecule has 540 valence electrons. The van der Waals surface area contributed by atoms with Gasteiger partial charge in [0.05, 0.1) is 10.8 Å². The number of benzene rings is 16. The standard InChI is InChI=1S/C110H77NO3/c1-105(2)79-44-26-21-39-70(79)93-95-75-42-24-29-47-88(75)114-104(95)98-73-54-51-67(58-83(73)108(7,8)102(98)99(93)105)111(66-50-53-72-82(57-66)107(5,6)100-94(72)96-76-43-25-30-48-89(76)113-103(96)97-71-40-22-27-45-80(71)106(3,4)101(97)100)68-49-52-69-77-60-86-78(61-85(77)110(84(69)59-68,64-35-17-11-18-36-64)65-37-19-12-20-38-65)91-81(55-56-90-92(91)74-41-23-28-46-87(74)112-90)109(86,62-31-13-9-14-32-62)63-33-15-10-16-34-63/h9-61H,1-8H3. The molecule has 6 aliphatic rings. The molecule has 0 saturated heterocycles. The summed E-state index contributed by atoms with van der Waals surface area (Å²) in [4.78, 5) is 2.61. The van der Waals surface area contributed by atoms with Gasteiger partial charge in [0, 0.05) is 82.2 Å². The average molecular weight is 1460 g/mol. The molecule has 0 spiro atoms. The number of nitrogens with zero attached hydrogens (tertiary/aromatic N) is 1. The van der Waals surface area contributed by atoms with Crippen LogP contribution in [0.5, 0.6) is 0 Å². The van der Waals surface area contributed by atoms with E-state index in [1.807, 2.05) is 0 Å². The quantitative estimate of drug-likeness (QED) is 0.159. The molecule has 0 bridgehead atoms. The summed E-state index contributed by atoms with van der Waals surface area (Å²) in [5.41, 5.74) is 41.0. The number of rotatable bonds is 7. The lowest BCUT2D eigenvalue weighted by Gasteiger charge is -2.36. The number of para-hydroxylation sites is 3. The van der Waals surface area contributed by atoms with Crippen molar-refractivity contribution in [3.63, 3.8) is 0 Å². The van der Waals surface area contributed by atoms with E-state index >= 15 is 0 Å². The highest BCUT2D eigenvalue weighted by Gasteiger charge is 2.55. The highest BCUT2D eigenvalue weighted by atomic mass is 16.3. The summed E-state index contributed by atoms with van der Waals surface area (Å²) in [5.74, 6) is 0. The van der Waals surface area contributed by atoms with Gasteiger partial charge in [-0.15, -0.1) is 0 Å². The fourth-order valence-corrected chi connectivity index (χ4v) is 23.7. The van der Waals surface area contributed by atoms with Crippen LogP contribution < -0.4 is 4.90 Å². The Morgan fingerprint density at radius 3 is 1.03 bits per heavy atom. The second kappa shape index (κ2) is 21.9. The highest BCUT2D eigenvalue weighted by Crippen LogP contribution is 2.69. The lowest BCUT2D eigenvalue weighted by molar-refractivity contribution is 0.600. The third kappa shape index (κ3) is 7.71. The molecule has 4 nitrogen and oxygen atoms in total. The van der Waals surface area contributed by atoms with Crippen LogP contribution in [0, 0.1) is 0 Å². The normalized spacial score (nSPS) is 16.1. The molecule has 114 heavy (non-hydrogen) atoms. The van der Waals surface area contributed by atoms with E-state index in [2.05, 4.69) is 382 Å². The Hall–Kier alpha value is -13.3. The predicted octanol–water partition coefficient (Wildman–Crippen LogP) is 28.8. The van der Waals surface area contributed by atoms with E-state index in [-0.39, 0.29) is 10.8 Å². The van der Waals surface area contributed by atoms with E-state index in [1.54, 1.807) is 0 Å². The molecule has 3 heterocycles. The van der Waals surface area contributed by atoms with Crippen molar-refractivity contribution in [3.05, 3.63) is 411 Å². The Morgan fingerprint density at radius 1 is 0.211 bits per heavy atom. The summed E-state index contributed by atoms with van der Waals surface area (Å²) in [5, 5.41) is 6.94. The van der Waals surface area contributed by atoms with Crippen molar-refractivity contribution in [2.24, 2.45) is 0 Å². The molecule has 4 heteroatoms. The number of furan rings is 3. The van der Waals surface area contributed by atoms with E-state index < -0.39 is 21.7 Å². The summed E-state index contributed by atoms with van der Waals surface area (Å²) in [7, 11) is 0. The molecule has 0 atom stereocenters. The Balaban J connectivity index is 0.774. The topological polar surface area (TPSA) is 42.7 Å². The summed E-state index contributed by atoms with van der Waals surface area (Å²) < 4.78 is 21.5. The molecule has 6 aliphatic carbocycles. The monoisotopic (exact) mass is 1460 g/mol. The van der Waals surface area contributed by atoms with Crippen LogP contribution in [0.3, 0.4) is 0 Å². The molecule has 0 radical (unpaired) electrons. The maximum Gasteiger partial charge on any atom is 0.144 e. The molecule has 0 amide bonds. The lowest BCUT2D eigenvalue weighted by Crippen LogP contribution is -2.30. The van der Waals surface area contributed by atoms with Crippen LogP contribution in [0.15, 0.2) is 335 Å². The summed E-state index contributed by atoms with van der Waals surface area (Å²) in [6, 6.07) is 122. The van der Waals surface area contributed by atoms with Crippen LogP contribution in [0.25, 0.3) is 133 Å². The van der Waals surface area contributed by atoms with Crippen LogP contribution in [-0.4, -0.2) is 0 Å². The minimum Gasteiger partial charge on any atom is -0.456 e. The maximum absolute atomic E-state index is 7.34.